The molecule has 0 spiro atoms. The summed E-state index contributed by atoms with van der Waals surface area (Å²) in [5, 5.41) is 19.3. The summed E-state index contributed by atoms with van der Waals surface area (Å²) < 4.78 is 0. The molecule has 0 aromatic heterocycles. The molecule has 0 unspecified atom stereocenters. The molecule has 0 saturated carbocycles. The van der Waals surface area contributed by atoms with Crippen LogP contribution in [0.25, 0.3) is 0 Å². The summed E-state index contributed by atoms with van der Waals surface area (Å²) in [5.41, 5.74) is 0.950. The van der Waals surface area contributed by atoms with Crippen LogP contribution in [0.4, 0.5) is 19.2 Å². The summed E-state index contributed by atoms with van der Waals surface area (Å²) in [6.07, 6.45) is 0. The molecule has 1 aliphatic rings. The summed E-state index contributed by atoms with van der Waals surface area (Å²) in [5.74, 6) is 0. The highest BCUT2D eigenvalue weighted by atomic mass is 16.2. The molecular formula is C23H38N8O4. The fourth-order valence-corrected chi connectivity index (χ4v) is 3.37. The van der Waals surface area contributed by atoms with Gasteiger partial charge in [-0.2, -0.15) is 0 Å². The minimum Gasteiger partial charge on any atom is -0.336 e. The summed E-state index contributed by atoms with van der Waals surface area (Å²) in [6.45, 7) is 8.37. The summed E-state index contributed by atoms with van der Waals surface area (Å²) in [6, 6.07) is 6.76. The highest BCUT2D eigenvalue weighted by molar-refractivity contribution is 5.77. The van der Waals surface area contributed by atoms with E-state index in [0.717, 1.165) is 5.56 Å². The molecule has 1 aromatic carbocycles. The van der Waals surface area contributed by atoms with Gasteiger partial charge in [0.25, 0.3) is 0 Å². The molecule has 0 radical (unpaired) electrons. The topological polar surface area (TPSA) is 156 Å². The maximum absolute atomic E-state index is 13.1. The molecule has 4 atom stereocenters. The predicted octanol–water partition coefficient (Wildman–Crippen LogP) is 0.663. The Balaban J connectivity index is 2.10. The van der Waals surface area contributed by atoms with Crippen molar-refractivity contribution in [2.75, 3.05) is 26.2 Å². The lowest BCUT2D eigenvalue weighted by Gasteiger charge is -2.30. The molecule has 1 heterocycles. The molecule has 12 nitrogen and oxygen atoms in total. The van der Waals surface area contributed by atoms with E-state index in [4.69, 9.17) is 0 Å². The second-order valence-corrected chi connectivity index (χ2v) is 8.91. The first-order valence-corrected chi connectivity index (χ1v) is 11.9. The average molecular weight is 491 g/mol. The zero-order chi connectivity index (χ0) is 25.8. The van der Waals surface area contributed by atoms with E-state index >= 15 is 0 Å². The lowest BCUT2D eigenvalue weighted by atomic mass is 10.2. The summed E-state index contributed by atoms with van der Waals surface area (Å²) in [4.78, 5) is 51.3. The van der Waals surface area contributed by atoms with Crippen LogP contribution in [0.2, 0.25) is 0 Å². The van der Waals surface area contributed by atoms with Crippen LogP contribution in [0.3, 0.4) is 0 Å². The Hall–Kier alpha value is -3.70. The molecule has 1 aromatic rings. The summed E-state index contributed by atoms with van der Waals surface area (Å²) >= 11 is 0. The van der Waals surface area contributed by atoms with Gasteiger partial charge >= 0.3 is 24.1 Å². The van der Waals surface area contributed by atoms with E-state index in [-0.39, 0.29) is 56.4 Å². The van der Waals surface area contributed by atoms with Gasteiger partial charge in [-0.15, -0.1) is 0 Å². The van der Waals surface area contributed by atoms with Gasteiger partial charge in [0, 0.05) is 56.9 Å². The molecule has 35 heavy (non-hydrogen) atoms. The van der Waals surface area contributed by atoms with Crippen LogP contribution in [-0.2, 0) is 6.54 Å². The number of nitrogens with zero attached hydrogens (tertiary/aromatic N) is 1. The normalized spacial score (nSPS) is 26.0. The van der Waals surface area contributed by atoms with E-state index in [1.54, 1.807) is 25.7 Å². The van der Waals surface area contributed by atoms with Gasteiger partial charge in [0.05, 0.1) is 0 Å². The van der Waals surface area contributed by atoms with E-state index in [1.807, 2.05) is 37.3 Å². The number of hydrogen-bond donors (Lipinski definition) is 7. The van der Waals surface area contributed by atoms with Crippen molar-refractivity contribution in [3.63, 3.8) is 0 Å². The summed E-state index contributed by atoms with van der Waals surface area (Å²) in [7, 11) is 0. The standard InChI is InChI=1S/C23H38N8O4/c1-15-10-25-21(33)30-17(3)12-27-23(35)31(14-19-8-6-5-7-9-19)18(4)13-26-22(34)29-16(2)11-24-20(32)28-15/h5-9,15-18H,10-14H2,1-4H3,(H,27,35)(H2,24,28,32)(H2,25,30,33)(H2,26,29,34)/t15-,16+,17+,18-/m0/s1. The third-order valence-corrected chi connectivity index (χ3v) is 5.38. The Morgan fingerprint density at radius 1 is 0.657 bits per heavy atom. The second kappa shape index (κ2) is 13.9. The van der Waals surface area contributed by atoms with Crippen molar-refractivity contribution >= 4 is 24.1 Å². The lowest BCUT2D eigenvalue weighted by Crippen LogP contribution is -2.55. The van der Waals surface area contributed by atoms with E-state index < -0.39 is 18.1 Å². The maximum Gasteiger partial charge on any atom is 0.318 e. The minimum atomic E-state index is -0.399. The molecule has 194 valence electrons. The SMILES string of the molecule is C[C@@H]1CNC(=O)N[C@@H](C)CNC(=O)N[C@H](C)CNC(=O)N(Cc2ccccc2)[C@@H](C)CNC(=O)N1. The molecule has 12 heteroatoms. The van der Waals surface area contributed by atoms with Gasteiger partial charge in [0.15, 0.2) is 0 Å². The first kappa shape index (κ1) is 27.5. The maximum atomic E-state index is 13.1. The fourth-order valence-electron chi connectivity index (χ4n) is 3.37. The van der Waals surface area contributed by atoms with Gasteiger partial charge in [-0.3, -0.25) is 0 Å². The monoisotopic (exact) mass is 490 g/mol. The van der Waals surface area contributed by atoms with Crippen molar-refractivity contribution in [3.05, 3.63) is 35.9 Å². The van der Waals surface area contributed by atoms with Gasteiger partial charge in [0.1, 0.15) is 0 Å². The van der Waals surface area contributed by atoms with Crippen molar-refractivity contribution < 1.29 is 19.2 Å². The number of carbonyl (C=O) groups is 4. The third kappa shape index (κ3) is 10.4. The van der Waals surface area contributed by atoms with Gasteiger partial charge in [-0.25, -0.2) is 19.2 Å². The van der Waals surface area contributed by atoms with Gasteiger partial charge < -0.3 is 42.1 Å². The Labute approximate surface area is 206 Å². The van der Waals surface area contributed by atoms with Crippen molar-refractivity contribution in [1.29, 1.82) is 0 Å². The Morgan fingerprint density at radius 3 is 1.57 bits per heavy atom. The van der Waals surface area contributed by atoms with Crippen LogP contribution >= 0.6 is 0 Å². The number of carbonyl (C=O) groups excluding carboxylic acids is 4. The van der Waals surface area contributed by atoms with Crippen molar-refractivity contribution in [1.82, 2.24) is 42.1 Å². The van der Waals surface area contributed by atoms with Crippen LogP contribution in [-0.4, -0.2) is 79.4 Å². The van der Waals surface area contributed by atoms with Crippen LogP contribution in [0.5, 0.6) is 0 Å². The number of nitrogens with one attached hydrogen (secondary N) is 7. The molecule has 0 bridgehead atoms. The zero-order valence-corrected chi connectivity index (χ0v) is 20.8. The smallest absolute Gasteiger partial charge is 0.318 e. The Bertz CT molecular complexity index is 853. The molecule has 1 saturated heterocycles. The van der Waals surface area contributed by atoms with Gasteiger partial charge in [-0.1, -0.05) is 30.3 Å². The predicted molar refractivity (Wildman–Crippen MR) is 133 cm³/mol. The number of benzene rings is 1. The van der Waals surface area contributed by atoms with Crippen molar-refractivity contribution in [3.8, 4) is 0 Å². The van der Waals surface area contributed by atoms with Gasteiger partial charge in [-0.05, 0) is 33.3 Å². The third-order valence-electron chi connectivity index (χ3n) is 5.38. The number of urea groups is 4. The van der Waals surface area contributed by atoms with Crippen LogP contribution in [0.15, 0.2) is 30.3 Å². The second-order valence-electron chi connectivity index (χ2n) is 8.91. The first-order valence-electron chi connectivity index (χ1n) is 11.9. The number of rotatable bonds is 2. The van der Waals surface area contributed by atoms with Gasteiger partial charge in [0.2, 0.25) is 0 Å². The van der Waals surface area contributed by atoms with Crippen LogP contribution in [0.1, 0.15) is 33.3 Å². The Kier molecular flexibility index (Phi) is 10.9. The molecule has 7 N–H and O–H groups in total. The van der Waals surface area contributed by atoms with Crippen molar-refractivity contribution in [2.24, 2.45) is 0 Å². The average Bonchev–Trinajstić information content (AvgIpc) is 2.82. The van der Waals surface area contributed by atoms with E-state index in [9.17, 15) is 19.2 Å². The molecular weight excluding hydrogens is 452 g/mol. The molecule has 1 aliphatic heterocycles. The van der Waals surface area contributed by atoms with E-state index in [1.165, 1.54) is 0 Å². The number of hydrogen-bond acceptors (Lipinski definition) is 4. The highest BCUT2D eigenvalue weighted by Crippen LogP contribution is 2.09. The fraction of sp³-hybridized carbons (Fsp3) is 0.565. The van der Waals surface area contributed by atoms with Crippen LogP contribution < -0.4 is 37.2 Å². The van der Waals surface area contributed by atoms with E-state index in [0.29, 0.717) is 6.54 Å². The zero-order valence-electron chi connectivity index (χ0n) is 20.8. The molecule has 2 rings (SSSR count). The largest absolute Gasteiger partial charge is 0.336 e. The van der Waals surface area contributed by atoms with E-state index in [2.05, 4.69) is 37.2 Å². The quantitative estimate of drug-likeness (QED) is 0.325. The lowest BCUT2D eigenvalue weighted by molar-refractivity contribution is 0.172. The number of amides is 8. The van der Waals surface area contributed by atoms with Crippen LogP contribution in [0, 0.1) is 0 Å². The molecule has 0 aliphatic carbocycles. The van der Waals surface area contributed by atoms with Crippen molar-refractivity contribution in [2.45, 2.75) is 58.4 Å². The highest BCUT2D eigenvalue weighted by Gasteiger charge is 2.22. The molecule has 8 amide bonds. The first-order chi connectivity index (χ1) is 16.6. The Morgan fingerprint density at radius 2 is 1.09 bits per heavy atom. The molecule has 1 fully saturated rings. The minimum absolute atomic E-state index is 0.214.